The summed E-state index contributed by atoms with van der Waals surface area (Å²) in [5.41, 5.74) is 3.00. The summed E-state index contributed by atoms with van der Waals surface area (Å²) in [4.78, 5) is 24.8. The number of hydrogen-bond donors (Lipinski definition) is 1. The zero-order valence-corrected chi connectivity index (χ0v) is 10.3. The van der Waals surface area contributed by atoms with Gasteiger partial charge in [-0.2, -0.15) is 0 Å². The minimum absolute atomic E-state index is 0.436. The van der Waals surface area contributed by atoms with E-state index < -0.39 is 11.7 Å². The molecule has 1 aromatic heterocycles. The number of Topliss-reactive ketones (excluding diaryl/α,β-unsaturated/α-hetero) is 1. The monoisotopic (exact) mass is 256 g/mol. The van der Waals surface area contributed by atoms with Crippen LogP contribution in [-0.2, 0) is 11.3 Å². The molecule has 0 saturated heterocycles. The highest BCUT2D eigenvalue weighted by Gasteiger charge is 2.28. The summed E-state index contributed by atoms with van der Waals surface area (Å²) < 4.78 is 5.03. The van der Waals surface area contributed by atoms with Crippen LogP contribution in [0.4, 0.5) is 11.4 Å². The molecule has 0 atom stereocenters. The molecule has 1 amide bonds. The summed E-state index contributed by atoms with van der Waals surface area (Å²) in [5, 5.41) is 2.57. The molecule has 5 nitrogen and oxygen atoms in total. The first-order chi connectivity index (χ1) is 9.15. The van der Waals surface area contributed by atoms with Crippen LogP contribution in [0.25, 0.3) is 0 Å². The number of fused-ring (bicyclic) bond motifs is 1. The van der Waals surface area contributed by atoms with Gasteiger partial charge in [0.2, 0.25) is 0 Å². The summed E-state index contributed by atoms with van der Waals surface area (Å²) in [7, 11) is 1.94. The van der Waals surface area contributed by atoms with Gasteiger partial charge in [-0.25, -0.2) is 0 Å². The van der Waals surface area contributed by atoms with Crippen molar-refractivity contribution >= 4 is 23.1 Å². The molecular formula is C14H12N2O3. The molecule has 19 heavy (non-hydrogen) atoms. The van der Waals surface area contributed by atoms with Gasteiger partial charge in [0.1, 0.15) is 0 Å². The molecule has 3 rings (SSSR count). The smallest absolute Gasteiger partial charge is 0.296 e. The minimum Gasteiger partial charge on any atom is -0.472 e. The Morgan fingerprint density at radius 3 is 2.84 bits per heavy atom. The molecule has 1 N–H and O–H groups in total. The third-order valence-electron chi connectivity index (χ3n) is 3.14. The largest absolute Gasteiger partial charge is 0.472 e. The van der Waals surface area contributed by atoms with Crippen LogP contribution in [0.5, 0.6) is 0 Å². The van der Waals surface area contributed by atoms with E-state index in [1.807, 2.05) is 24.1 Å². The quantitative estimate of drug-likeness (QED) is 0.854. The third kappa shape index (κ3) is 1.99. The summed E-state index contributed by atoms with van der Waals surface area (Å²) >= 11 is 0. The first-order valence-electron chi connectivity index (χ1n) is 5.87. The zero-order chi connectivity index (χ0) is 13.4. The molecule has 0 unspecified atom stereocenters. The van der Waals surface area contributed by atoms with Crippen LogP contribution in [-0.4, -0.2) is 18.7 Å². The lowest BCUT2D eigenvalue weighted by Crippen LogP contribution is -2.15. The number of furan rings is 1. The minimum atomic E-state index is -0.565. The van der Waals surface area contributed by atoms with Gasteiger partial charge in [0.15, 0.2) is 0 Å². The Bertz CT molecular complexity index is 647. The van der Waals surface area contributed by atoms with Crippen LogP contribution in [0, 0.1) is 0 Å². The van der Waals surface area contributed by atoms with E-state index in [1.165, 1.54) is 0 Å². The lowest BCUT2D eigenvalue weighted by molar-refractivity contribution is -0.112. The number of nitrogens with one attached hydrogen (secondary N) is 1. The summed E-state index contributed by atoms with van der Waals surface area (Å²) in [6, 6.07) is 7.21. The summed E-state index contributed by atoms with van der Waals surface area (Å²) in [6.07, 6.45) is 3.32. The van der Waals surface area contributed by atoms with Crippen LogP contribution < -0.4 is 10.2 Å². The number of carbonyl (C=O) groups excluding carboxylic acids is 2. The van der Waals surface area contributed by atoms with E-state index in [-0.39, 0.29) is 0 Å². The van der Waals surface area contributed by atoms with Crippen LogP contribution in [0.2, 0.25) is 0 Å². The maximum absolute atomic E-state index is 11.5. The van der Waals surface area contributed by atoms with Gasteiger partial charge in [-0.1, -0.05) is 0 Å². The fraction of sp³-hybridized carbons (Fsp3) is 0.143. The standard InChI is InChI=1S/C14H12N2O3/c1-16(7-9-4-5-19-8-9)10-2-3-11-12(6-10)15-14(18)13(11)17/h2-6,8H,7H2,1H3,(H,15,17,18). The Labute approximate surface area is 109 Å². The predicted octanol–water partition coefficient (Wildman–Crippen LogP) is 2.05. The van der Waals surface area contributed by atoms with Crippen molar-refractivity contribution in [1.29, 1.82) is 0 Å². The number of nitrogens with zero attached hydrogens (tertiary/aromatic N) is 1. The molecule has 0 spiro atoms. The van der Waals surface area contributed by atoms with Gasteiger partial charge < -0.3 is 14.6 Å². The average molecular weight is 256 g/mol. The Kier molecular flexibility index (Phi) is 2.59. The molecule has 96 valence electrons. The van der Waals surface area contributed by atoms with E-state index in [0.717, 1.165) is 11.3 Å². The molecule has 2 heterocycles. The maximum atomic E-state index is 11.5. The molecule has 1 aliphatic rings. The van der Waals surface area contributed by atoms with Crippen molar-refractivity contribution in [2.24, 2.45) is 0 Å². The van der Waals surface area contributed by atoms with Gasteiger partial charge in [0, 0.05) is 24.8 Å². The average Bonchev–Trinajstić information content (AvgIpc) is 2.99. The second-order valence-corrected chi connectivity index (χ2v) is 4.50. The van der Waals surface area contributed by atoms with Crippen molar-refractivity contribution in [3.63, 3.8) is 0 Å². The van der Waals surface area contributed by atoms with E-state index in [2.05, 4.69) is 5.32 Å². The highest BCUT2D eigenvalue weighted by atomic mass is 16.3. The normalized spacial score (nSPS) is 13.3. The van der Waals surface area contributed by atoms with Crippen LogP contribution in [0.15, 0.2) is 41.2 Å². The number of benzene rings is 1. The van der Waals surface area contributed by atoms with Crippen molar-refractivity contribution in [3.05, 3.63) is 47.9 Å². The zero-order valence-electron chi connectivity index (χ0n) is 10.3. The number of anilines is 2. The fourth-order valence-electron chi connectivity index (χ4n) is 2.12. The lowest BCUT2D eigenvalue weighted by Gasteiger charge is -2.19. The third-order valence-corrected chi connectivity index (χ3v) is 3.14. The predicted molar refractivity (Wildman–Crippen MR) is 70.2 cm³/mol. The van der Waals surface area contributed by atoms with E-state index in [4.69, 9.17) is 4.42 Å². The molecule has 0 bridgehead atoms. The highest BCUT2D eigenvalue weighted by molar-refractivity contribution is 6.51. The highest BCUT2D eigenvalue weighted by Crippen LogP contribution is 2.28. The SMILES string of the molecule is CN(Cc1ccoc1)c1ccc2c(c1)NC(=O)C2=O. The first-order valence-corrected chi connectivity index (χ1v) is 5.87. The molecule has 1 aromatic carbocycles. The van der Waals surface area contributed by atoms with Crippen molar-refractivity contribution in [2.75, 3.05) is 17.3 Å². The first kappa shape index (κ1) is 11.5. The van der Waals surface area contributed by atoms with Gasteiger partial charge in [-0.3, -0.25) is 9.59 Å². The van der Waals surface area contributed by atoms with Crippen molar-refractivity contribution < 1.29 is 14.0 Å². The maximum Gasteiger partial charge on any atom is 0.296 e. The summed E-state index contributed by atoms with van der Waals surface area (Å²) in [6.45, 7) is 0.692. The molecule has 1 aliphatic heterocycles. The second-order valence-electron chi connectivity index (χ2n) is 4.50. The summed E-state index contributed by atoms with van der Waals surface area (Å²) in [5.74, 6) is -1.04. The van der Waals surface area contributed by atoms with Crippen molar-refractivity contribution in [1.82, 2.24) is 0 Å². The van der Waals surface area contributed by atoms with E-state index in [1.54, 1.807) is 24.7 Å². The molecular weight excluding hydrogens is 244 g/mol. The number of ketones is 1. The van der Waals surface area contributed by atoms with Gasteiger partial charge in [0.25, 0.3) is 11.7 Å². The van der Waals surface area contributed by atoms with Crippen LogP contribution in [0.1, 0.15) is 15.9 Å². The van der Waals surface area contributed by atoms with Crippen LogP contribution in [0.3, 0.4) is 0 Å². The number of rotatable bonds is 3. The van der Waals surface area contributed by atoms with E-state index >= 15 is 0 Å². The van der Waals surface area contributed by atoms with Gasteiger partial charge in [0.05, 0.1) is 23.8 Å². The number of amides is 1. The Balaban J connectivity index is 1.85. The lowest BCUT2D eigenvalue weighted by atomic mass is 10.1. The molecule has 0 saturated carbocycles. The Morgan fingerprint density at radius 1 is 1.26 bits per heavy atom. The van der Waals surface area contributed by atoms with Gasteiger partial charge >= 0.3 is 0 Å². The van der Waals surface area contributed by atoms with Gasteiger partial charge in [-0.05, 0) is 24.3 Å². The van der Waals surface area contributed by atoms with Gasteiger partial charge in [-0.15, -0.1) is 0 Å². The van der Waals surface area contributed by atoms with Crippen LogP contribution >= 0.6 is 0 Å². The van der Waals surface area contributed by atoms with E-state index in [9.17, 15) is 9.59 Å². The topological polar surface area (TPSA) is 62.6 Å². The Morgan fingerprint density at radius 2 is 2.11 bits per heavy atom. The van der Waals surface area contributed by atoms with E-state index in [0.29, 0.717) is 17.8 Å². The molecule has 5 heteroatoms. The molecule has 0 fully saturated rings. The molecule has 0 radical (unpaired) electrons. The van der Waals surface area contributed by atoms with Crippen molar-refractivity contribution in [2.45, 2.75) is 6.54 Å². The second kappa shape index (κ2) is 4.28. The molecule has 2 aromatic rings. The van der Waals surface area contributed by atoms with Crippen molar-refractivity contribution in [3.8, 4) is 0 Å². The Hall–Kier alpha value is -2.56. The fourth-order valence-corrected chi connectivity index (χ4v) is 2.12. The number of hydrogen-bond acceptors (Lipinski definition) is 4. The number of carbonyl (C=O) groups is 2. The molecule has 0 aliphatic carbocycles.